The monoisotopic (exact) mass is 417 g/mol. The van der Waals surface area contributed by atoms with Gasteiger partial charge in [-0.05, 0) is 37.8 Å². The molecule has 0 saturated carbocycles. The summed E-state index contributed by atoms with van der Waals surface area (Å²) >= 11 is 1.11. The first-order chi connectivity index (χ1) is 13.7. The number of fused-ring (bicyclic) bond motifs is 2. The average Bonchev–Trinajstić information content (AvgIpc) is 3.14. The molecule has 3 amide bonds. The van der Waals surface area contributed by atoms with Crippen LogP contribution in [0.4, 0.5) is 5.69 Å². The zero-order valence-corrected chi connectivity index (χ0v) is 18.3. The van der Waals surface area contributed by atoms with Crippen molar-refractivity contribution in [2.75, 3.05) is 31.1 Å². The number of carbonyl (C=O) groups excluding carboxylic acids is 3. The Bertz CT molecular complexity index is 883. The Morgan fingerprint density at radius 2 is 1.93 bits per heavy atom. The molecule has 1 unspecified atom stereocenters. The Morgan fingerprint density at radius 1 is 1.24 bits per heavy atom. The van der Waals surface area contributed by atoms with Crippen molar-refractivity contribution in [3.63, 3.8) is 0 Å². The molecule has 0 saturated heterocycles. The zero-order valence-electron chi connectivity index (χ0n) is 17.5. The summed E-state index contributed by atoms with van der Waals surface area (Å²) in [6.45, 7) is 11.9. The molecule has 0 aliphatic carbocycles. The number of nitrogens with one attached hydrogen (secondary N) is 1. The number of amides is 3. The standard InChI is InChI=1S/C20H27N5O3S/c1-6-23(7-2)10-11-24-17-9-8-13(3)12-16(17)20(18(24)28)25(15(5)27)22-19(29-20)21-14(4)26/h8-9,12H,6-7,10-11H2,1-5H3,(H,21,22,26). The van der Waals surface area contributed by atoms with E-state index in [9.17, 15) is 14.4 Å². The summed E-state index contributed by atoms with van der Waals surface area (Å²) in [7, 11) is 0. The molecule has 2 aliphatic heterocycles. The lowest BCUT2D eigenvalue weighted by Crippen LogP contribution is -2.49. The molecule has 0 bridgehead atoms. The van der Waals surface area contributed by atoms with E-state index in [0.29, 0.717) is 6.54 Å². The third kappa shape index (κ3) is 3.64. The van der Waals surface area contributed by atoms with Gasteiger partial charge in [0.15, 0.2) is 5.17 Å². The summed E-state index contributed by atoms with van der Waals surface area (Å²) in [6.07, 6.45) is 0. The van der Waals surface area contributed by atoms with Crippen LogP contribution in [-0.2, 0) is 19.3 Å². The predicted molar refractivity (Wildman–Crippen MR) is 114 cm³/mol. The van der Waals surface area contributed by atoms with Crippen LogP contribution < -0.4 is 10.2 Å². The maximum atomic E-state index is 13.7. The van der Waals surface area contributed by atoms with Gasteiger partial charge in [-0.25, -0.2) is 0 Å². The van der Waals surface area contributed by atoms with Crippen molar-refractivity contribution in [1.29, 1.82) is 0 Å². The van der Waals surface area contributed by atoms with Crippen LogP contribution in [0.3, 0.4) is 0 Å². The maximum Gasteiger partial charge on any atom is 0.270 e. The molecule has 0 fully saturated rings. The van der Waals surface area contributed by atoms with Crippen molar-refractivity contribution in [3.8, 4) is 0 Å². The quantitative estimate of drug-likeness (QED) is 0.790. The molecule has 0 radical (unpaired) electrons. The zero-order chi connectivity index (χ0) is 21.3. The maximum absolute atomic E-state index is 13.7. The number of amidine groups is 1. The van der Waals surface area contributed by atoms with Gasteiger partial charge in [0, 0.05) is 32.5 Å². The number of aryl methyl sites for hydroxylation is 1. The van der Waals surface area contributed by atoms with E-state index in [4.69, 9.17) is 0 Å². The van der Waals surface area contributed by atoms with E-state index in [0.717, 1.165) is 48.2 Å². The van der Waals surface area contributed by atoms with Crippen molar-refractivity contribution in [2.24, 2.45) is 5.10 Å². The SMILES string of the molecule is CCN(CC)CCN1C(=O)C2(SC(NC(C)=O)=NN2C(C)=O)c2cc(C)ccc21. The van der Waals surface area contributed by atoms with Crippen molar-refractivity contribution >= 4 is 40.3 Å². The molecule has 1 aromatic rings. The number of benzene rings is 1. The van der Waals surface area contributed by atoms with E-state index in [1.54, 1.807) is 4.90 Å². The molecule has 1 N–H and O–H groups in total. The van der Waals surface area contributed by atoms with Crippen LogP contribution in [0.1, 0.15) is 38.8 Å². The smallest absolute Gasteiger partial charge is 0.270 e. The topological polar surface area (TPSA) is 85.3 Å². The van der Waals surface area contributed by atoms with Gasteiger partial charge in [-0.2, -0.15) is 5.01 Å². The first-order valence-corrected chi connectivity index (χ1v) is 10.6. The largest absolute Gasteiger partial charge is 0.308 e. The third-order valence-electron chi connectivity index (χ3n) is 5.19. The van der Waals surface area contributed by atoms with Crippen LogP contribution in [0.25, 0.3) is 0 Å². The lowest BCUT2D eigenvalue weighted by Gasteiger charge is -2.30. The molecule has 9 heteroatoms. The highest BCUT2D eigenvalue weighted by molar-refractivity contribution is 8.15. The highest BCUT2D eigenvalue weighted by Gasteiger charge is 2.61. The second-order valence-electron chi connectivity index (χ2n) is 7.17. The van der Waals surface area contributed by atoms with Crippen molar-refractivity contribution in [2.45, 2.75) is 39.5 Å². The van der Waals surface area contributed by atoms with Gasteiger partial charge in [0.2, 0.25) is 16.7 Å². The lowest BCUT2D eigenvalue weighted by molar-refractivity contribution is -0.139. The van der Waals surface area contributed by atoms with E-state index in [2.05, 4.69) is 29.2 Å². The molecule has 0 aromatic heterocycles. The van der Waals surface area contributed by atoms with Gasteiger partial charge in [0.25, 0.3) is 5.91 Å². The Balaban J connectivity index is 2.05. The minimum Gasteiger partial charge on any atom is -0.308 e. The van der Waals surface area contributed by atoms with E-state index in [1.165, 1.54) is 18.9 Å². The van der Waals surface area contributed by atoms with E-state index >= 15 is 0 Å². The molecule has 8 nitrogen and oxygen atoms in total. The van der Waals surface area contributed by atoms with Gasteiger partial charge in [-0.1, -0.05) is 31.5 Å². The van der Waals surface area contributed by atoms with E-state index in [-0.39, 0.29) is 22.9 Å². The van der Waals surface area contributed by atoms with Crippen LogP contribution in [0.15, 0.2) is 23.3 Å². The number of hydrazone groups is 1. The van der Waals surface area contributed by atoms with Gasteiger partial charge >= 0.3 is 0 Å². The molecule has 3 rings (SSSR count). The first-order valence-electron chi connectivity index (χ1n) is 9.76. The fraction of sp³-hybridized carbons (Fsp3) is 0.500. The fourth-order valence-electron chi connectivity index (χ4n) is 3.73. The molecular formula is C20H27N5O3S. The van der Waals surface area contributed by atoms with Crippen LogP contribution in [0.2, 0.25) is 0 Å². The predicted octanol–water partition coefficient (Wildman–Crippen LogP) is 1.84. The van der Waals surface area contributed by atoms with Crippen LogP contribution in [0.5, 0.6) is 0 Å². The minimum absolute atomic E-state index is 0.213. The van der Waals surface area contributed by atoms with Crippen molar-refractivity contribution < 1.29 is 14.4 Å². The third-order valence-corrected chi connectivity index (χ3v) is 6.43. The molecule has 1 aromatic carbocycles. The number of carbonyl (C=O) groups is 3. The molecule has 29 heavy (non-hydrogen) atoms. The molecule has 2 aliphatic rings. The number of rotatable bonds is 5. The van der Waals surface area contributed by atoms with Gasteiger partial charge < -0.3 is 15.1 Å². The Kier molecular flexibility index (Phi) is 6.00. The fourth-order valence-corrected chi connectivity index (χ4v) is 5.05. The molecular weight excluding hydrogens is 390 g/mol. The number of hydrogen-bond acceptors (Lipinski definition) is 6. The summed E-state index contributed by atoms with van der Waals surface area (Å²) in [5.74, 6) is -0.871. The van der Waals surface area contributed by atoms with Crippen LogP contribution in [0, 0.1) is 6.92 Å². The second-order valence-corrected chi connectivity index (χ2v) is 8.35. The van der Waals surface area contributed by atoms with E-state index < -0.39 is 4.87 Å². The van der Waals surface area contributed by atoms with Crippen LogP contribution >= 0.6 is 11.8 Å². The molecule has 2 heterocycles. The molecule has 1 atom stereocenters. The summed E-state index contributed by atoms with van der Waals surface area (Å²) in [5, 5.41) is 8.36. The van der Waals surface area contributed by atoms with Gasteiger partial charge in [0.05, 0.1) is 5.69 Å². The summed E-state index contributed by atoms with van der Waals surface area (Å²) in [4.78, 5) is 40.4. The lowest BCUT2D eigenvalue weighted by atomic mass is 10.0. The van der Waals surface area contributed by atoms with Gasteiger partial charge in [0.1, 0.15) is 0 Å². The Labute approximate surface area is 175 Å². The van der Waals surface area contributed by atoms with Gasteiger partial charge in [-0.15, -0.1) is 5.10 Å². The first kappa shape index (κ1) is 21.3. The summed E-state index contributed by atoms with van der Waals surface area (Å²) < 4.78 is 0. The van der Waals surface area contributed by atoms with E-state index in [1.807, 2.05) is 25.1 Å². The van der Waals surface area contributed by atoms with Crippen molar-refractivity contribution in [1.82, 2.24) is 15.2 Å². The summed E-state index contributed by atoms with van der Waals surface area (Å²) in [5.41, 5.74) is 2.50. The van der Waals surface area contributed by atoms with Crippen LogP contribution in [-0.4, -0.2) is 59.0 Å². The Hall–Kier alpha value is -2.39. The molecule has 1 spiro atoms. The number of anilines is 1. The highest BCUT2D eigenvalue weighted by Crippen LogP contribution is 2.54. The van der Waals surface area contributed by atoms with Crippen molar-refractivity contribution in [3.05, 3.63) is 29.3 Å². The number of likely N-dealkylation sites (N-methyl/N-ethyl adjacent to an activating group) is 1. The number of thioether (sulfide) groups is 1. The second kappa shape index (κ2) is 8.16. The number of hydrogen-bond donors (Lipinski definition) is 1. The van der Waals surface area contributed by atoms with Gasteiger partial charge in [-0.3, -0.25) is 14.4 Å². The molecule has 156 valence electrons. The summed E-state index contributed by atoms with van der Waals surface area (Å²) in [6, 6.07) is 5.82. The minimum atomic E-state index is -1.33. The normalized spacial score (nSPS) is 20.5. The highest BCUT2D eigenvalue weighted by atomic mass is 32.2. The average molecular weight is 418 g/mol. The number of nitrogens with zero attached hydrogens (tertiary/aromatic N) is 4. The Morgan fingerprint density at radius 3 is 2.52 bits per heavy atom.